The van der Waals surface area contributed by atoms with E-state index in [0.29, 0.717) is 18.8 Å². The molecule has 178 valence electrons. The van der Waals surface area contributed by atoms with Gasteiger partial charge in [-0.1, -0.05) is 18.0 Å². The van der Waals surface area contributed by atoms with Gasteiger partial charge in [0.25, 0.3) is 5.91 Å². The third kappa shape index (κ3) is 5.76. The Labute approximate surface area is 197 Å². The largest absolute Gasteiger partial charge is 0.507 e. The molecule has 2 aromatic rings. The summed E-state index contributed by atoms with van der Waals surface area (Å²) in [5.41, 5.74) is -0.0893. The second-order valence-electron chi connectivity index (χ2n) is 7.53. The van der Waals surface area contributed by atoms with Gasteiger partial charge >= 0.3 is 5.97 Å². The van der Waals surface area contributed by atoms with Crippen LogP contribution in [0.1, 0.15) is 36.5 Å². The highest BCUT2D eigenvalue weighted by atomic mass is 35.5. The number of amides is 1. The monoisotopic (exact) mass is 496 g/mol. The number of nitrogens with zero attached hydrogens (tertiary/aromatic N) is 1. The predicted octanol–water partition coefficient (Wildman–Crippen LogP) is 3.41. The number of halogens is 1. The van der Waals surface area contributed by atoms with E-state index in [1.807, 2.05) is 0 Å². The van der Waals surface area contributed by atoms with E-state index in [0.717, 1.165) is 19.3 Å². The number of phenols is 1. The summed E-state index contributed by atoms with van der Waals surface area (Å²) >= 11 is 6.16. The Bertz CT molecular complexity index is 1150. The highest BCUT2D eigenvalue weighted by Crippen LogP contribution is 2.29. The van der Waals surface area contributed by atoms with Crippen molar-refractivity contribution >= 4 is 39.2 Å². The Hall–Kier alpha value is -2.82. The summed E-state index contributed by atoms with van der Waals surface area (Å²) in [6.07, 6.45) is 1.31. The molecular formula is C22H25ClN2O7S. The fourth-order valence-electron chi connectivity index (χ4n) is 3.33. The molecule has 0 spiro atoms. The van der Waals surface area contributed by atoms with E-state index in [4.69, 9.17) is 21.1 Å². The average Bonchev–Trinajstić information content (AvgIpc) is 2.81. The quantitative estimate of drug-likeness (QED) is 0.563. The fourth-order valence-corrected chi connectivity index (χ4v) is 5.04. The number of methoxy groups -OCH3 is 1. The molecule has 0 bridgehead atoms. The van der Waals surface area contributed by atoms with E-state index in [9.17, 15) is 23.1 Å². The van der Waals surface area contributed by atoms with E-state index in [1.165, 1.54) is 54.7 Å². The SMILES string of the molecule is COc1ccc(O)c(C(=O)OC(C)C(=O)Nc2cc(S(=O)(=O)N3CCCCC3)ccc2Cl)c1. The van der Waals surface area contributed by atoms with Crippen molar-refractivity contribution in [2.45, 2.75) is 37.2 Å². The third-order valence-electron chi connectivity index (χ3n) is 5.23. The maximum absolute atomic E-state index is 12.9. The number of carbonyl (C=O) groups excluding carboxylic acids is 2. The van der Waals surface area contributed by atoms with Crippen molar-refractivity contribution in [3.63, 3.8) is 0 Å². The Balaban J connectivity index is 1.73. The number of rotatable bonds is 7. The van der Waals surface area contributed by atoms with Crippen LogP contribution in [0, 0.1) is 0 Å². The van der Waals surface area contributed by atoms with Gasteiger partial charge in [-0.2, -0.15) is 4.31 Å². The van der Waals surface area contributed by atoms with Crippen molar-refractivity contribution in [3.05, 3.63) is 47.0 Å². The molecule has 1 saturated heterocycles. The Morgan fingerprint density at radius 2 is 1.82 bits per heavy atom. The van der Waals surface area contributed by atoms with E-state index < -0.39 is 28.0 Å². The number of aromatic hydroxyl groups is 1. The fraction of sp³-hybridized carbons (Fsp3) is 0.364. The first-order valence-electron chi connectivity index (χ1n) is 10.3. The number of hydrogen-bond acceptors (Lipinski definition) is 7. The molecule has 1 heterocycles. The van der Waals surface area contributed by atoms with Crippen molar-refractivity contribution < 1.29 is 32.6 Å². The average molecular weight is 497 g/mol. The molecular weight excluding hydrogens is 472 g/mol. The van der Waals surface area contributed by atoms with Crippen LogP contribution in [0.4, 0.5) is 5.69 Å². The molecule has 0 saturated carbocycles. The van der Waals surface area contributed by atoms with E-state index in [-0.39, 0.29) is 26.9 Å². The summed E-state index contributed by atoms with van der Waals surface area (Å²) in [6, 6.07) is 8.08. The first-order chi connectivity index (χ1) is 15.6. The van der Waals surface area contributed by atoms with Crippen LogP contribution in [0.25, 0.3) is 0 Å². The van der Waals surface area contributed by atoms with E-state index >= 15 is 0 Å². The minimum absolute atomic E-state index is 0.00931. The van der Waals surface area contributed by atoms with Gasteiger partial charge in [0.2, 0.25) is 10.0 Å². The lowest BCUT2D eigenvalue weighted by Gasteiger charge is -2.26. The molecule has 1 aliphatic heterocycles. The predicted molar refractivity (Wildman–Crippen MR) is 122 cm³/mol. The Kier molecular flexibility index (Phi) is 7.83. The topological polar surface area (TPSA) is 122 Å². The molecule has 1 fully saturated rings. The molecule has 0 aromatic heterocycles. The first-order valence-corrected chi connectivity index (χ1v) is 12.1. The highest BCUT2D eigenvalue weighted by molar-refractivity contribution is 7.89. The highest BCUT2D eigenvalue weighted by Gasteiger charge is 2.27. The Morgan fingerprint density at radius 1 is 1.12 bits per heavy atom. The summed E-state index contributed by atoms with van der Waals surface area (Å²) < 4.78 is 37.4. The molecule has 1 atom stereocenters. The van der Waals surface area contributed by atoms with Crippen LogP contribution in [0.2, 0.25) is 5.02 Å². The lowest BCUT2D eigenvalue weighted by molar-refractivity contribution is -0.123. The van der Waals surface area contributed by atoms with Crippen molar-refractivity contribution in [1.82, 2.24) is 4.31 Å². The van der Waals surface area contributed by atoms with Crippen LogP contribution in [0.15, 0.2) is 41.3 Å². The molecule has 2 aromatic carbocycles. The van der Waals surface area contributed by atoms with Crippen LogP contribution in [-0.2, 0) is 19.6 Å². The van der Waals surface area contributed by atoms with Crippen molar-refractivity contribution in [1.29, 1.82) is 0 Å². The second-order valence-corrected chi connectivity index (χ2v) is 9.87. The lowest BCUT2D eigenvalue weighted by atomic mass is 10.2. The summed E-state index contributed by atoms with van der Waals surface area (Å²) in [6.45, 7) is 2.22. The van der Waals surface area contributed by atoms with Crippen molar-refractivity contribution in [3.8, 4) is 11.5 Å². The maximum Gasteiger partial charge on any atom is 0.342 e. The van der Waals surface area contributed by atoms with Gasteiger partial charge in [0.1, 0.15) is 17.1 Å². The number of phenolic OH excluding ortho intramolecular Hbond substituents is 1. The number of esters is 1. The van der Waals surface area contributed by atoms with Gasteiger partial charge in [0, 0.05) is 13.1 Å². The second kappa shape index (κ2) is 10.4. The molecule has 0 aliphatic carbocycles. The van der Waals surface area contributed by atoms with E-state index in [1.54, 1.807) is 0 Å². The van der Waals surface area contributed by atoms with Crippen molar-refractivity contribution in [2.24, 2.45) is 0 Å². The molecule has 1 amide bonds. The van der Waals surface area contributed by atoms with Crippen LogP contribution >= 0.6 is 11.6 Å². The van der Waals surface area contributed by atoms with Gasteiger partial charge in [-0.25, -0.2) is 13.2 Å². The lowest BCUT2D eigenvalue weighted by Crippen LogP contribution is -2.35. The number of ether oxygens (including phenoxy) is 2. The number of nitrogens with one attached hydrogen (secondary N) is 1. The third-order valence-corrected chi connectivity index (χ3v) is 7.45. The molecule has 0 radical (unpaired) electrons. The molecule has 11 heteroatoms. The summed E-state index contributed by atoms with van der Waals surface area (Å²) in [5, 5.41) is 12.5. The van der Waals surface area contributed by atoms with Crippen LogP contribution in [0.5, 0.6) is 11.5 Å². The van der Waals surface area contributed by atoms with E-state index in [2.05, 4.69) is 5.32 Å². The van der Waals surface area contributed by atoms with Gasteiger partial charge in [-0.15, -0.1) is 0 Å². The minimum Gasteiger partial charge on any atom is -0.507 e. The van der Waals surface area contributed by atoms with Crippen LogP contribution in [0.3, 0.4) is 0 Å². The maximum atomic E-state index is 12.9. The summed E-state index contributed by atoms with van der Waals surface area (Å²) in [4.78, 5) is 25.0. The zero-order valence-electron chi connectivity index (χ0n) is 18.2. The number of hydrogen-bond donors (Lipinski definition) is 2. The van der Waals surface area contributed by atoms with Gasteiger partial charge in [0.15, 0.2) is 6.10 Å². The summed E-state index contributed by atoms with van der Waals surface area (Å²) in [7, 11) is -2.32. The zero-order valence-corrected chi connectivity index (χ0v) is 19.8. The number of carbonyl (C=O) groups is 2. The molecule has 1 aliphatic rings. The van der Waals surface area contributed by atoms with Gasteiger partial charge < -0.3 is 19.9 Å². The normalized spacial score (nSPS) is 15.5. The minimum atomic E-state index is -3.73. The standard InChI is InChI=1S/C22H25ClN2O7S/c1-14(32-22(28)17-12-15(31-2)6-9-20(17)26)21(27)24-19-13-16(7-8-18(19)23)33(29,30)25-10-4-3-5-11-25/h6-9,12-14,26H,3-5,10-11H2,1-2H3,(H,24,27). The number of sulfonamides is 1. The Morgan fingerprint density at radius 3 is 2.48 bits per heavy atom. The van der Waals surface area contributed by atoms with Gasteiger partial charge in [0.05, 0.1) is 22.7 Å². The van der Waals surface area contributed by atoms with Crippen LogP contribution in [-0.4, -0.2) is 56.0 Å². The first kappa shape index (κ1) is 24.8. The summed E-state index contributed by atoms with van der Waals surface area (Å²) in [5.74, 6) is -1.65. The molecule has 33 heavy (non-hydrogen) atoms. The zero-order chi connectivity index (χ0) is 24.2. The molecule has 2 N–H and O–H groups in total. The van der Waals surface area contributed by atoms with Crippen LogP contribution < -0.4 is 10.1 Å². The molecule has 1 unspecified atom stereocenters. The number of piperidine rings is 1. The number of anilines is 1. The van der Waals surface area contributed by atoms with Gasteiger partial charge in [-0.05, 0) is 56.2 Å². The number of benzene rings is 2. The van der Waals surface area contributed by atoms with Gasteiger partial charge in [-0.3, -0.25) is 4.79 Å². The smallest absolute Gasteiger partial charge is 0.342 e. The molecule has 3 rings (SSSR count). The van der Waals surface area contributed by atoms with Crippen molar-refractivity contribution in [2.75, 3.05) is 25.5 Å². The molecule has 9 nitrogen and oxygen atoms in total.